The Balaban J connectivity index is 1.95. The van der Waals surface area contributed by atoms with Gasteiger partial charge in [-0.1, -0.05) is 24.3 Å². The van der Waals surface area contributed by atoms with Gasteiger partial charge in [0.05, 0.1) is 4.88 Å². The Bertz CT molecular complexity index is 1220. The fourth-order valence-electron chi connectivity index (χ4n) is 4.11. The third-order valence-corrected chi connectivity index (χ3v) is 9.44. The number of esters is 1. The van der Waals surface area contributed by atoms with E-state index in [4.69, 9.17) is 4.74 Å². The van der Waals surface area contributed by atoms with Gasteiger partial charge in [0.25, 0.3) is 0 Å². The Morgan fingerprint density at radius 1 is 0.750 bits per heavy atom. The highest BCUT2D eigenvalue weighted by atomic mass is 32.1. The zero-order valence-electron chi connectivity index (χ0n) is 16.2. The molecule has 0 saturated carbocycles. The second-order valence-corrected chi connectivity index (χ2v) is 10.9. The first-order chi connectivity index (χ1) is 15.4. The molecule has 4 N–H and O–H groups in total. The first-order valence-electron chi connectivity index (χ1n) is 9.34. The molecule has 32 heavy (non-hydrogen) atoms. The minimum absolute atomic E-state index is 0.240. The molecule has 1 aliphatic rings. The monoisotopic (exact) mass is 504 g/mol. The van der Waals surface area contributed by atoms with Crippen molar-refractivity contribution < 1.29 is 30.0 Å². The quantitative estimate of drug-likeness (QED) is 0.280. The molecule has 0 aliphatic carbocycles. The zero-order valence-corrected chi connectivity index (χ0v) is 19.4. The largest absolute Gasteiger partial charge is 0.505 e. The van der Waals surface area contributed by atoms with Crippen LogP contribution in [0.5, 0.6) is 0 Å². The molecular formula is C22H16O6S4. The summed E-state index contributed by atoms with van der Waals surface area (Å²) in [5.41, 5.74) is -6.89. The molecule has 6 nitrogen and oxygen atoms in total. The Morgan fingerprint density at radius 3 is 1.66 bits per heavy atom. The maximum atomic E-state index is 12.8. The molecule has 0 fully saturated rings. The van der Waals surface area contributed by atoms with Crippen LogP contribution in [0, 0.1) is 0 Å². The molecule has 164 valence electrons. The first kappa shape index (κ1) is 21.4. The lowest BCUT2D eigenvalue weighted by molar-refractivity contribution is -0.245. The van der Waals surface area contributed by atoms with Crippen LogP contribution in [0.1, 0.15) is 19.5 Å². The SMILES string of the molecule is O=C1O[C@](c2cccs2)([C@](O)(c2cccs2)C(O)(c2cccs2)c2cccs2)C(O)=C1O. The topological polar surface area (TPSA) is 107 Å². The summed E-state index contributed by atoms with van der Waals surface area (Å²) in [4.78, 5) is 13.8. The van der Waals surface area contributed by atoms with Crippen molar-refractivity contribution >= 4 is 51.3 Å². The van der Waals surface area contributed by atoms with Crippen molar-refractivity contribution in [3.05, 3.63) is 101 Å². The van der Waals surface area contributed by atoms with Crippen molar-refractivity contribution in [2.24, 2.45) is 0 Å². The molecule has 5 rings (SSSR count). The lowest BCUT2D eigenvalue weighted by atomic mass is 9.66. The van der Waals surface area contributed by atoms with Gasteiger partial charge in [-0.05, 0) is 45.8 Å². The van der Waals surface area contributed by atoms with E-state index in [1.165, 1.54) is 22.7 Å². The van der Waals surface area contributed by atoms with Gasteiger partial charge in [0.1, 0.15) is 0 Å². The fraction of sp³-hybridized carbons (Fsp3) is 0.136. The first-order valence-corrected chi connectivity index (χ1v) is 12.9. The van der Waals surface area contributed by atoms with Gasteiger partial charge in [0.2, 0.25) is 11.4 Å². The molecule has 5 heterocycles. The van der Waals surface area contributed by atoms with Crippen LogP contribution in [0.3, 0.4) is 0 Å². The molecule has 0 bridgehead atoms. The summed E-state index contributed by atoms with van der Waals surface area (Å²) in [5, 5.41) is 53.7. The summed E-state index contributed by atoms with van der Waals surface area (Å²) in [6.45, 7) is 0. The van der Waals surface area contributed by atoms with Gasteiger partial charge in [-0.2, -0.15) is 0 Å². The van der Waals surface area contributed by atoms with E-state index < -0.39 is 34.3 Å². The van der Waals surface area contributed by atoms with E-state index in [9.17, 15) is 25.2 Å². The zero-order chi connectivity index (χ0) is 22.6. The van der Waals surface area contributed by atoms with E-state index in [0.29, 0.717) is 9.75 Å². The molecule has 10 heteroatoms. The Morgan fingerprint density at radius 2 is 1.25 bits per heavy atom. The average molecular weight is 505 g/mol. The van der Waals surface area contributed by atoms with Crippen molar-refractivity contribution in [3.8, 4) is 0 Å². The highest BCUT2D eigenvalue weighted by molar-refractivity contribution is 7.12. The predicted molar refractivity (Wildman–Crippen MR) is 124 cm³/mol. The molecule has 0 aromatic carbocycles. The van der Waals surface area contributed by atoms with Crippen molar-refractivity contribution in [3.63, 3.8) is 0 Å². The third-order valence-electron chi connectivity index (χ3n) is 5.53. The predicted octanol–water partition coefficient (Wildman–Crippen LogP) is 4.84. The number of aliphatic hydroxyl groups excluding tert-OH is 2. The van der Waals surface area contributed by atoms with Crippen LogP contribution in [0.15, 0.2) is 81.6 Å². The van der Waals surface area contributed by atoms with E-state index in [2.05, 4.69) is 0 Å². The number of hydrogen-bond acceptors (Lipinski definition) is 10. The van der Waals surface area contributed by atoms with E-state index in [1.54, 1.807) is 70.1 Å². The number of aliphatic hydroxyl groups is 4. The number of hydrogen-bond donors (Lipinski definition) is 4. The molecule has 4 aromatic rings. The lowest BCUT2D eigenvalue weighted by Crippen LogP contribution is -2.62. The second-order valence-electron chi connectivity index (χ2n) is 7.10. The van der Waals surface area contributed by atoms with Gasteiger partial charge in [0.15, 0.2) is 17.0 Å². The summed E-state index contributed by atoms with van der Waals surface area (Å²) in [5.74, 6) is -3.05. The number of carbonyl (C=O) groups excluding carboxylic acids is 1. The molecule has 4 aromatic heterocycles. The van der Waals surface area contributed by atoms with Crippen LogP contribution < -0.4 is 0 Å². The normalized spacial score (nSPS) is 21.0. The van der Waals surface area contributed by atoms with E-state index in [0.717, 1.165) is 22.7 Å². The number of ether oxygens (including phenoxy) is 1. The van der Waals surface area contributed by atoms with Gasteiger partial charge < -0.3 is 25.2 Å². The van der Waals surface area contributed by atoms with Crippen LogP contribution in [0.4, 0.5) is 0 Å². The molecule has 0 saturated heterocycles. The van der Waals surface area contributed by atoms with Gasteiger partial charge in [-0.25, -0.2) is 4.79 Å². The van der Waals surface area contributed by atoms with Crippen LogP contribution in [0.2, 0.25) is 0 Å². The highest BCUT2D eigenvalue weighted by Crippen LogP contribution is 2.63. The molecule has 0 unspecified atom stereocenters. The maximum Gasteiger partial charge on any atom is 0.378 e. The van der Waals surface area contributed by atoms with Gasteiger partial charge in [0, 0.05) is 14.6 Å². The highest BCUT2D eigenvalue weighted by Gasteiger charge is 2.74. The minimum Gasteiger partial charge on any atom is -0.505 e. The fourth-order valence-corrected chi connectivity index (χ4v) is 7.78. The van der Waals surface area contributed by atoms with Crippen LogP contribution in [0.25, 0.3) is 0 Å². The molecular weight excluding hydrogens is 489 g/mol. The Hall–Kier alpha value is -2.47. The second kappa shape index (κ2) is 7.55. The molecule has 0 spiro atoms. The number of cyclic esters (lactones) is 1. The van der Waals surface area contributed by atoms with Crippen molar-refractivity contribution in [1.29, 1.82) is 0 Å². The van der Waals surface area contributed by atoms with Crippen LogP contribution in [-0.4, -0.2) is 26.4 Å². The van der Waals surface area contributed by atoms with Gasteiger partial charge >= 0.3 is 5.97 Å². The summed E-state index contributed by atoms with van der Waals surface area (Å²) >= 11 is 4.68. The molecule has 0 amide bonds. The summed E-state index contributed by atoms with van der Waals surface area (Å²) in [6.07, 6.45) is 0. The van der Waals surface area contributed by atoms with Crippen molar-refractivity contribution in [2.45, 2.75) is 16.8 Å². The van der Waals surface area contributed by atoms with Crippen LogP contribution in [-0.2, 0) is 26.3 Å². The summed E-state index contributed by atoms with van der Waals surface area (Å²) in [7, 11) is 0. The van der Waals surface area contributed by atoms with Gasteiger partial charge in [-0.3, -0.25) is 0 Å². The van der Waals surface area contributed by atoms with E-state index in [1.807, 2.05) is 0 Å². The summed E-state index contributed by atoms with van der Waals surface area (Å²) < 4.78 is 5.65. The third kappa shape index (κ3) is 2.59. The lowest BCUT2D eigenvalue weighted by Gasteiger charge is -2.50. The molecule has 1 aliphatic heterocycles. The average Bonchev–Trinajstić information content (AvgIpc) is 3.63. The van der Waals surface area contributed by atoms with E-state index in [-0.39, 0.29) is 9.75 Å². The Labute approximate surface area is 198 Å². The molecule has 2 atom stereocenters. The smallest absolute Gasteiger partial charge is 0.378 e. The van der Waals surface area contributed by atoms with E-state index >= 15 is 0 Å². The maximum absolute atomic E-state index is 12.8. The molecule has 0 radical (unpaired) electrons. The Kier molecular flexibility index (Phi) is 5.04. The number of rotatable bonds is 6. The van der Waals surface area contributed by atoms with Gasteiger partial charge in [-0.15, -0.1) is 45.3 Å². The minimum atomic E-state index is -2.45. The number of thiophene rings is 4. The standard InChI is InChI=1S/C22H16O6S4/c23-17-18(24)21(28-19(17)25,15-7-3-11-31-15)22(27,16-8-4-12-32-16)20(26,13-5-1-9-29-13)14-6-2-10-30-14/h1-12,23-24,26-27H/t21-,22-/m0/s1. The van der Waals surface area contributed by atoms with Crippen LogP contribution >= 0.6 is 45.3 Å². The number of carbonyl (C=O) groups is 1. The van der Waals surface area contributed by atoms with Crippen molar-refractivity contribution in [1.82, 2.24) is 0 Å². The summed E-state index contributed by atoms with van der Waals surface area (Å²) in [6, 6.07) is 13.3. The van der Waals surface area contributed by atoms with Crippen molar-refractivity contribution in [2.75, 3.05) is 0 Å².